The molecule has 21 heavy (non-hydrogen) atoms. The molecule has 6 heteroatoms. The number of hydrogen-bond acceptors (Lipinski definition) is 1. The van der Waals surface area contributed by atoms with E-state index in [-0.39, 0.29) is 17.5 Å². The average Bonchev–Trinajstić information content (AvgIpc) is 2.79. The second-order valence-electron chi connectivity index (χ2n) is 4.63. The number of aromatic nitrogens is 2. The monoisotopic (exact) mass is 370 g/mol. The molecule has 3 aromatic rings. The van der Waals surface area contributed by atoms with Gasteiger partial charge in [0.25, 0.3) is 0 Å². The highest BCUT2D eigenvalue weighted by molar-refractivity contribution is 9.10. The summed E-state index contributed by atoms with van der Waals surface area (Å²) in [5.41, 5.74) is 2.25. The van der Waals surface area contributed by atoms with Crippen molar-refractivity contribution in [3.63, 3.8) is 0 Å². The minimum atomic E-state index is -0.366. The molecule has 2 nitrogen and oxygen atoms in total. The maximum atomic E-state index is 13.6. The third kappa shape index (κ3) is 2.80. The minimum absolute atomic E-state index is 0.217. The van der Waals surface area contributed by atoms with Crippen molar-refractivity contribution in [1.82, 2.24) is 9.55 Å². The molecule has 0 unspecified atom stereocenters. The van der Waals surface area contributed by atoms with Gasteiger partial charge in [0.15, 0.2) is 0 Å². The first-order valence-corrected chi connectivity index (χ1v) is 7.56. The summed E-state index contributed by atoms with van der Waals surface area (Å²) >= 11 is 9.10. The van der Waals surface area contributed by atoms with Gasteiger partial charge in [-0.05, 0) is 39.7 Å². The lowest BCUT2D eigenvalue weighted by Crippen LogP contribution is -2.04. The minimum Gasteiger partial charge on any atom is -0.322 e. The van der Waals surface area contributed by atoms with Gasteiger partial charge in [-0.2, -0.15) is 0 Å². The zero-order valence-corrected chi connectivity index (χ0v) is 13.1. The van der Waals surface area contributed by atoms with Gasteiger partial charge in [-0.1, -0.05) is 12.1 Å². The standard InChI is InChI=1S/C15H10BrClF2N2/c16-11-5-14-13(6-12(11)19)20-15(7-17)21(14)8-9-1-3-10(18)4-2-9/h1-6H,7-8H2. The summed E-state index contributed by atoms with van der Waals surface area (Å²) in [7, 11) is 0. The molecule has 0 aliphatic heterocycles. The molecule has 0 saturated carbocycles. The Labute approximate surface area is 133 Å². The SMILES string of the molecule is Fc1ccc(Cn2c(CCl)nc3cc(F)c(Br)cc32)cc1. The summed E-state index contributed by atoms with van der Waals surface area (Å²) in [5.74, 6) is 0.218. The number of alkyl halides is 1. The number of imidazole rings is 1. The Morgan fingerprint density at radius 2 is 1.86 bits per heavy atom. The third-order valence-corrected chi connectivity index (χ3v) is 4.09. The van der Waals surface area contributed by atoms with Crippen LogP contribution < -0.4 is 0 Å². The van der Waals surface area contributed by atoms with Crippen LogP contribution in [0.25, 0.3) is 11.0 Å². The van der Waals surface area contributed by atoms with Gasteiger partial charge in [-0.25, -0.2) is 13.8 Å². The second-order valence-corrected chi connectivity index (χ2v) is 5.75. The van der Waals surface area contributed by atoms with Gasteiger partial charge in [0, 0.05) is 12.6 Å². The topological polar surface area (TPSA) is 17.8 Å². The van der Waals surface area contributed by atoms with Crippen molar-refractivity contribution in [1.29, 1.82) is 0 Å². The molecule has 0 fully saturated rings. The lowest BCUT2D eigenvalue weighted by molar-refractivity contribution is 0.622. The first-order valence-electron chi connectivity index (χ1n) is 6.23. The highest BCUT2D eigenvalue weighted by Gasteiger charge is 2.13. The molecule has 0 radical (unpaired) electrons. The third-order valence-electron chi connectivity index (χ3n) is 3.24. The molecule has 2 aromatic carbocycles. The molecule has 0 spiro atoms. The zero-order chi connectivity index (χ0) is 15.0. The molecule has 1 heterocycles. The van der Waals surface area contributed by atoms with Gasteiger partial charge in [0.2, 0.25) is 0 Å². The van der Waals surface area contributed by atoms with Gasteiger partial charge >= 0.3 is 0 Å². The Morgan fingerprint density at radius 1 is 1.14 bits per heavy atom. The van der Waals surface area contributed by atoms with Gasteiger partial charge in [-0.15, -0.1) is 11.6 Å². The Bertz CT molecular complexity index is 800. The molecular weight excluding hydrogens is 362 g/mol. The van der Waals surface area contributed by atoms with Crippen LogP contribution in [0.15, 0.2) is 40.9 Å². The Hall–Kier alpha value is -1.46. The van der Waals surface area contributed by atoms with E-state index in [1.165, 1.54) is 18.2 Å². The summed E-state index contributed by atoms with van der Waals surface area (Å²) < 4.78 is 28.8. The van der Waals surface area contributed by atoms with Gasteiger partial charge in [0.05, 0.1) is 21.4 Å². The number of halogens is 4. The zero-order valence-electron chi connectivity index (χ0n) is 10.8. The summed E-state index contributed by atoms with van der Waals surface area (Å²) in [6.45, 7) is 0.497. The summed E-state index contributed by atoms with van der Waals surface area (Å²) in [4.78, 5) is 4.34. The number of rotatable bonds is 3. The van der Waals surface area contributed by atoms with Crippen molar-refractivity contribution in [3.05, 3.63) is 63.9 Å². The lowest BCUT2D eigenvalue weighted by Gasteiger charge is -2.08. The summed E-state index contributed by atoms with van der Waals surface area (Å²) in [6, 6.07) is 9.28. The van der Waals surface area contributed by atoms with Gasteiger partial charge in [0.1, 0.15) is 17.5 Å². The molecule has 0 bridgehead atoms. The van der Waals surface area contributed by atoms with Crippen LogP contribution >= 0.6 is 27.5 Å². The van der Waals surface area contributed by atoms with E-state index in [0.29, 0.717) is 22.4 Å². The number of fused-ring (bicyclic) bond motifs is 1. The van der Waals surface area contributed by atoms with Crippen molar-refractivity contribution >= 4 is 38.6 Å². The van der Waals surface area contributed by atoms with E-state index >= 15 is 0 Å². The Balaban J connectivity index is 2.11. The Morgan fingerprint density at radius 3 is 2.52 bits per heavy atom. The van der Waals surface area contributed by atoms with Crippen molar-refractivity contribution in [2.75, 3.05) is 0 Å². The first kappa shape index (κ1) is 14.5. The predicted octanol–water partition coefficient (Wildman–Crippen LogP) is 4.86. The number of benzene rings is 2. The van der Waals surface area contributed by atoms with Crippen LogP contribution in [0, 0.1) is 11.6 Å². The number of hydrogen-bond donors (Lipinski definition) is 0. The van der Waals surface area contributed by atoms with E-state index in [1.807, 2.05) is 4.57 Å². The van der Waals surface area contributed by atoms with Gasteiger partial charge < -0.3 is 4.57 Å². The second kappa shape index (κ2) is 5.73. The van der Waals surface area contributed by atoms with Crippen LogP contribution in [0.4, 0.5) is 8.78 Å². The molecule has 0 saturated heterocycles. The number of nitrogens with zero attached hydrogens (tertiary/aromatic N) is 2. The van der Waals surface area contributed by atoms with Crippen LogP contribution in [0.2, 0.25) is 0 Å². The smallest absolute Gasteiger partial charge is 0.139 e. The highest BCUT2D eigenvalue weighted by atomic mass is 79.9. The molecule has 108 valence electrons. The maximum absolute atomic E-state index is 13.6. The van der Waals surface area contributed by atoms with E-state index in [2.05, 4.69) is 20.9 Å². The van der Waals surface area contributed by atoms with Crippen LogP contribution in [-0.2, 0) is 12.4 Å². The predicted molar refractivity (Wildman–Crippen MR) is 82.5 cm³/mol. The highest BCUT2D eigenvalue weighted by Crippen LogP contribution is 2.25. The molecular formula is C15H10BrClF2N2. The van der Waals surface area contributed by atoms with Crippen molar-refractivity contribution in [2.24, 2.45) is 0 Å². The molecule has 0 atom stereocenters. The van der Waals surface area contributed by atoms with Crippen LogP contribution in [0.5, 0.6) is 0 Å². The van der Waals surface area contributed by atoms with E-state index in [0.717, 1.165) is 11.1 Å². The van der Waals surface area contributed by atoms with E-state index in [9.17, 15) is 8.78 Å². The molecule has 0 N–H and O–H groups in total. The summed E-state index contributed by atoms with van der Waals surface area (Å²) in [6.07, 6.45) is 0. The van der Waals surface area contributed by atoms with Crippen molar-refractivity contribution in [2.45, 2.75) is 12.4 Å². The fourth-order valence-corrected chi connectivity index (χ4v) is 2.76. The quantitative estimate of drug-likeness (QED) is 0.601. The van der Waals surface area contributed by atoms with Crippen LogP contribution in [-0.4, -0.2) is 9.55 Å². The van der Waals surface area contributed by atoms with Crippen LogP contribution in [0.1, 0.15) is 11.4 Å². The fourth-order valence-electron chi connectivity index (χ4n) is 2.22. The molecule has 0 aliphatic rings. The summed E-state index contributed by atoms with van der Waals surface area (Å²) in [5, 5.41) is 0. The van der Waals surface area contributed by atoms with Crippen LogP contribution in [0.3, 0.4) is 0 Å². The van der Waals surface area contributed by atoms with Crippen molar-refractivity contribution < 1.29 is 8.78 Å². The average molecular weight is 372 g/mol. The molecule has 1 aromatic heterocycles. The Kier molecular flexibility index (Phi) is 3.95. The first-order chi connectivity index (χ1) is 10.1. The molecule has 0 amide bonds. The normalized spacial score (nSPS) is 11.2. The largest absolute Gasteiger partial charge is 0.322 e. The molecule has 3 rings (SSSR count). The van der Waals surface area contributed by atoms with Crippen molar-refractivity contribution in [3.8, 4) is 0 Å². The maximum Gasteiger partial charge on any atom is 0.139 e. The lowest BCUT2D eigenvalue weighted by atomic mass is 10.2. The fraction of sp³-hybridized carbons (Fsp3) is 0.133. The van der Waals surface area contributed by atoms with E-state index < -0.39 is 0 Å². The molecule has 0 aliphatic carbocycles. The van der Waals surface area contributed by atoms with Gasteiger partial charge in [-0.3, -0.25) is 0 Å². The van der Waals surface area contributed by atoms with E-state index in [1.54, 1.807) is 18.2 Å². The van der Waals surface area contributed by atoms with E-state index in [4.69, 9.17) is 11.6 Å².